The topological polar surface area (TPSA) is 47.6 Å². The molecule has 1 aliphatic rings. The summed E-state index contributed by atoms with van der Waals surface area (Å²) in [7, 11) is 0. The van der Waals surface area contributed by atoms with Crippen molar-refractivity contribution in [3.05, 3.63) is 29.1 Å². The van der Waals surface area contributed by atoms with Crippen molar-refractivity contribution in [2.75, 3.05) is 6.61 Å². The van der Waals surface area contributed by atoms with Crippen LogP contribution < -0.4 is 10.1 Å². The number of nitrogens with one attached hydrogen (secondary N) is 1. The van der Waals surface area contributed by atoms with Gasteiger partial charge in [0.25, 0.3) is 0 Å². The lowest BCUT2D eigenvalue weighted by Crippen LogP contribution is -2.28. The molecule has 1 aromatic rings. The van der Waals surface area contributed by atoms with Gasteiger partial charge in [-0.15, -0.1) is 0 Å². The third kappa shape index (κ3) is 4.70. The second-order valence-corrected chi connectivity index (χ2v) is 4.98. The van der Waals surface area contributed by atoms with Gasteiger partial charge in [-0.1, -0.05) is 13.8 Å². The molecule has 0 spiro atoms. The van der Waals surface area contributed by atoms with E-state index < -0.39 is 11.8 Å². The van der Waals surface area contributed by atoms with E-state index in [4.69, 9.17) is 9.47 Å². The van der Waals surface area contributed by atoms with E-state index in [2.05, 4.69) is 5.32 Å². The van der Waals surface area contributed by atoms with E-state index in [0.29, 0.717) is 24.5 Å². The van der Waals surface area contributed by atoms with Crippen molar-refractivity contribution >= 4 is 5.97 Å². The van der Waals surface area contributed by atoms with E-state index in [0.717, 1.165) is 0 Å². The molecule has 0 aliphatic carbocycles. The fraction of sp³-hybridized carbons (Fsp3) is 0.562. The van der Waals surface area contributed by atoms with Crippen LogP contribution in [-0.2, 0) is 11.3 Å². The van der Waals surface area contributed by atoms with Crippen molar-refractivity contribution in [3.63, 3.8) is 0 Å². The van der Waals surface area contributed by atoms with Crippen LogP contribution in [0.4, 0.5) is 4.39 Å². The van der Waals surface area contributed by atoms with Gasteiger partial charge in [0.1, 0.15) is 18.2 Å². The van der Waals surface area contributed by atoms with Gasteiger partial charge in [-0.05, 0) is 32.9 Å². The monoisotopic (exact) mass is 297 g/mol. The van der Waals surface area contributed by atoms with Gasteiger partial charge in [0.05, 0.1) is 11.7 Å². The van der Waals surface area contributed by atoms with Crippen molar-refractivity contribution in [1.29, 1.82) is 0 Å². The summed E-state index contributed by atoms with van der Waals surface area (Å²) >= 11 is 0. The molecule has 0 saturated carbocycles. The average molecular weight is 297 g/mol. The summed E-state index contributed by atoms with van der Waals surface area (Å²) in [5.41, 5.74) is 0.630. The van der Waals surface area contributed by atoms with Crippen molar-refractivity contribution in [2.24, 2.45) is 0 Å². The Morgan fingerprint density at radius 3 is 2.71 bits per heavy atom. The Morgan fingerprint density at radius 1 is 1.43 bits per heavy atom. The zero-order valence-corrected chi connectivity index (χ0v) is 13.3. The molecule has 1 heterocycles. The lowest BCUT2D eigenvalue weighted by Gasteiger charge is -2.12. The molecule has 5 heteroatoms. The van der Waals surface area contributed by atoms with Crippen molar-refractivity contribution in [1.82, 2.24) is 5.32 Å². The Hall–Kier alpha value is -1.62. The number of hydrogen-bond donors (Lipinski definition) is 1. The predicted molar refractivity (Wildman–Crippen MR) is 80.1 cm³/mol. The molecule has 0 radical (unpaired) electrons. The summed E-state index contributed by atoms with van der Waals surface area (Å²) in [4.78, 5) is 11.8. The van der Waals surface area contributed by atoms with Gasteiger partial charge >= 0.3 is 5.97 Å². The quantitative estimate of drug-likeness (QED) is 0.851. The predicted octanol–water partition coefficient (Wildman–Crippen LogP) is 3.29. The first kappa shape index (κ1) is 17.4. The molecule has 1 atom stereocenters. The van der Waals surface area contributed by atoms with Gasteiger partial charge in [0.2, 0.25) is 0 Å². The van der Waals surface area contributed by atoms with Gasteiger partial charge in [-0.25, -0.2) is 9.18 Å². The molecule has 0 bridgehead atoms. The molecule has 1 aliphatic heterocycles. The zero-order chi connectivity index (χ0) is 16.0. The highest BCUT2D eigenvalue weighted by Gasteiger charge is 2.20. The maximum absolute atomic E-state index is 14.0. The third-order valence-electron chi connectivity index (χ3n) is 2.85. The minimum Gasteiger partial charge on any atom is -0.492 e. The van der Waals surface area contributed by atoms with Crippen molar-refractivity contribution in [3.8, 4) is 5.75 Å². The lowest BCUT2D eigenvalue weighted by atomic mass is 10.1. The summed E-state index contributed by atoms with van der Waals surface area (Å²) in [5, 5.41) is 3.14. The summed E-state index contributed by atoms with van der Waals surface area (Å²) in [6.45, 7) is 10.3. The zero-order valence-electron chi connectivity index (χ0n) is 13.3. The summed E-state index contributed by atoms with van der Waals surface area (Å²) in [6, 6.07) is 2.88. The highest BCUT2D eigenvalue weighted by molar-refractivity contribution is 5.90. The normalized spacial score (nSPS) is 17.0. The molecule has 1 aromatic carbocycles. The molecular formula is C16H24FNO3. The molecule has 118 valence electrons. The third-order valence-corrected chi connectivity index (χ3v) is 2.85. The molecule has 21 heavy (non-hydrogen) atoms. The van der Waals surface area contributed by atoms with Crippen LogP contribution in [0.5, 0.6) is 5.75 Å². The van der Waals surface area contributed by atoms with E-state index >= 15 is 0 Å². The minimum absolute atomic E-state index is 0.137. The number of benzene rings is 1. The first-order valence-electron chi connectivity index (χ1n) is 7.37. The van der Waals surface area contributed by atoms with Crippen LogP contribution in [0.2, 0.25) is 0 Å². The standard InChI is InChI=1S/C14H18FNO3.C2H6/c1-8(2)19-14(17)10-4-12(15)11-6-16-9(3)7-18-13(11)5-10;1-2/h4-5,8-9,16H,6-7H2,1-3H3;1-2H3. The minimum atomic E-state index is -0.537. The summed E-state index contributed by atoms with van der Waals surface area (Å²) in [5.74, 6) is -0.576. The second kappa shape index (κ2) is 7.98. The number of hydrogen-bond acceptors (Lipinski definition) is 4. The Morgan fingerprint density at radius 2 is 2.10 bits per heavy atom. The molecular weight excluding hydrogens is 273 g/mol. The molecule has 1 unspecified atom stereocenters. The molecule has 0 saturated heterocycles. The number of ether oxygens (including phenoxy) is 2. The van der Waals surface area contributed by atoms with Crippen LogP contribution in [0, 0.1) is 5.82 Å². The van der Waals surface area contributed by atoms with Crippen LogP contribution >= 0.6 is 0 Å². The first-order chi connectivity index (χ1) is 9.97. The van der Waals surface area contributed by atoms with Crippen molar-refractivity contribution in [2.45, 2.75) is 53.3 Å². The molecule has 4 nitrogen and oxygen atoms in total. The maximum Gasteiger partial charge on any atom is 0.338 e. The van der Waals surface area contributed by atoms with E-state index in [1.165, 1.54) is 6.07 Å². The SMILES string of the molecule is CC.CC1COc2cc(C(=O)OC(C)C)cc(F)c2CN1. The van der Waals surface area contributed by atoms with E-state index in [9.17, 15) is 9.18 Å². The van der Waals surface area contributed by atoms with E-state index in [1.54, 1.807) is 19.9 Å². The molecule has 0 fully saturated rings. The van der Waals surface area contributed by atoms with Gasteiger partial charge in [0, 0.05) is 18.2 Å². The Labute approximate surface area is 125 Å². The number of esters is 1. The summed E-state index contributed by atoms with van der Waals surface area (Å²) < 4.78 is 24.6. The smallest absolute Gasteiger partial charge is 0.338 e. The fourth-order valence-corrected chi connectivity index (χ4v) is 1.86. The second-order valence-electron chi connectivity index (χ2n) is 4.98. The van der Waals surface area contributed by atoms with Crippen LogP contribution in [0.3, 0.4) is 0 Å². The van der Waals surface area contributed by atoms with Crippen molar-refractivity contribution < 1.29 is 18.7 Å². The number of carbonyl (C=O) groups excluding carboxylic acids is 1. The Bertz CT molecular complexity index is 489. The number of carbonyl (C=O) groups is 1. The van der Waals surface area contributed by atoms with E-state index in [1.807, 2.05) is 20.8 Å². The number of fused-ring (bicyclic) bond motifs is 1. The molecule has 0 aromatic heterocycles. The highest BCUT2D eigenvalue weighted by Crippen LogP contribution is 2.26. The molecule has 0 amide bonds. The van der Waals surface area contributed by atoms with Gasteiger partial charge in [-0.3, -0.25) is 0 Å². The number of rotatable bonds is 2. The first-order valence-corrected chi connectivity index (χ1v) is 7.37. The van der Waals surface area contributed by atoms with Crippen LogP contribution in [0.25, 0.3) is 0 Å². The maximum atomic E-state index is 14.0. The summed E-state index contributed by atoms with van der Waals surface area (Å²) in [6.07, 6.45) is -0.239. The van der Waals surface area contributed by atoms with E-state index in [-0.39, 0.29) is 17.7 Å². The Kier molecular flexibility index (Phi) is 6.62. The van der Waals surface area contributed by atoms with Crippen LogP contribution in [0.15, 0.2) is 12.1 Å². The largest absolute Gasteiger partial charge is 0.492 e. The van der Waals surface area contributed by atoms with Crippen LogP contribution in [-0.4, -0.2) is 24.7 Å². The number of halogens is 1. The van der Waals surface area contributed by atoms with Gasteiger partial charge in [-0.2, -0.15) is 0 Å². The van der Waals surface area contributed by atoms with Gasteiger partial charge < -0.3 is 14.8 Å². The molecule has 1 N–H and O–H groups in total. The highest BCUT2D eigenvalue weighted by atomic mass is 19.1. The lowest BCUT2D eigenvalue weighted by molar-refractivity contribution is 0.0377. The Balaban J connectivity index is 0.00000106. The van der Waals surface area contributed by atoms with Gasteiger partial charge in [0.15, 0.2) is 0 Å². The average Bonchev–Trinajstić information content (AvgIpc) is 2.63. The fourth-order valence-electron chi connectivity index (χ4n) is 1.86. The molecule has 2 rings (SSSR count). The van der Waals surface area contributed by atoms with Crippen LogP contribution in [0.1, 0.15) is 50.5 Å².